The molecule has 0 spiro atoms. The van der Waals surface area contributed by atoms with Gasteiger partial charge in [0.2, 0.25) is 0 Å². The van der Waals surface area contributed by atoms with Crippen LogP contribution < -0.4 is 9.80 Å². The summed E-state index contributed by atoms with van der Waals surface area (Å²) >= 11 is 0. The molecule has 1 atom stereocenters. The molecule has 118 valence electrons. The molecule has 6 heteroatoms. The number of carbonyl (C=O) groups excluding carboxylic acids is 1. The van der Waals surface area contributed by atoms with E-state index in [2.05, 4.69) is 35.0 Å². The second kappa shape index (κ2) is 5.15. The van der Waals surface area contributed by atoms with Gasteiger partial charge in [-0.15, -0.1) is 0 Å². The molecule has 0 saturated heterocycles. The number of imidazole rings is 1. The number of rotatable bonds is 1. The number of amides is 1. The van der Waals surface area contributed by atoms with E-state index >= 15 is 0 Å². The molecule has 1 aromatic carbocycles. The predicted octanol–water partition coefficient (Wildman–Crippen LogP) is 2.40. The summed E-state index contributed by atoms with van der Waals surface area (Å²) in [6.07, 6.45) is 5.22. The maximum atomic E-state index is 13.2. The van der Waals surface area contributed by atoms with Crippen molar-refractivity contribution in [1.82, 2.24) is 14.6 Å². The van der Waals surface area contributed by atoms with Crippen LogP contribution in [0.15, 0.2) is 42.9 Å². The van der Waals surface area contributed by atoms with Crippen molar-refractivity contribution in [2.75, 3.05) is 29.9 Å². The third-order valence-corrected chi connectivity index (χ3v) is 4.37. The number of anilines is 2. The van der Waals surface area contributed by atoms with E-state index in [1.165, 1.54) is 0 Å². The minimum atomic E-state index is -0.0166. The summed E-state index contributed by atoms with van der Waals surface area (Å²) in [4.78, 5) is 21.6. The Hall–Kier alpha value is -2.76. The van der Waals surface area contributed by atoms with Crippen LogP contribution in [0.25, 0.3) is 5.65 Å². The molecule has 0 aliphatic carbocycles. The van der Waals surface area contributed by atoms with E-state index in [0.717, 1.165) is 17.9 Å². The molecular formula is C17H19N5O. The zero-order chi connectivity index (χ0) is 16.0. The van der Waals surface area contributed by atoms with Crippen LogP contribution in [0, 0.1) is 5.92 Å². The van der Waals surface area contributed by atoms with Gasteiger partial charge >= 0.3 is 0 Å². The van der Waals surface area contributed by atoms with Gasteiger partial charge in [0.1, 0.15) is 5.56 Å². The van der Waals surface area contributed by atoms with Crippen molar-refractivity contribution >= 4 is 22.9 Å². The first kappa shape index (κ1) is 13.9. The average Bonchev–Trinajstić information content (AvgIpc) is 3.12. The Balaban J connectivity index is 1.81. The Morgan fingerprint density at radius 1 is 1.26 bits per heavy atom. The molecule has 23 heavy (non-hydrogen) atoms. The van der Waals surface area contributed by atoms with Gasteiger partial charge in [-0.3, -0.25) is 9.89 Å². The fraction of sp³-hybridized carbons (Fsp3) is 0.294. The summed E-state index contributed by atoms with van der Waals surface area (Å²) in [7, 11) is 2.08. The molecule has 3 heterocycles. The van der Waals surface area contributed by atoms with E-state index < -0.39 is 0 Å². The number of aromatic amines is 1. The maximum Gasteiger partial charge on any atom is 0.263 e. The Bertz CT molecular complexity index is 865. The van der Waals surface area contributed by atoms with Crippen molar-refractivity contribution in [2.24, 2.45) is 5.92 Å². The van der Waals surface area contributed by atoms with E-state index in [-0.39, 0.29) is 5.91 Å². The van der Waals surface area contributed by atoms with Crippen molar-refractivity contribution in [3.05, 3.63) is 48.4 Å². The molecule has 1 aliphatic heterocycles. The number of nitrogens with zero attached hydrogens (tertiary/aromatic N) is 4. The SMILES string of the molecule is C[C@H]1CN(C)c2ccccc2N(C(=O)c2c[nH]n3ccnc23)C1. The molecule has 0 unspecified atom stereocenters. The Morgan fingerprint density at radius 3 is 2.87 bits per heavy atom. The maximum absolute atomic E-state index is 13.2. The minimum absolute atomic E-state index is 0.0166. The van der Waals surface area contributed by atoms with E-state index in [9.17, 15) is 4.79 Å². The van der Waals surface area contributed by atoms with Crippen molar-refractivity contribution in [3.63, 3.8) is 0 Å². The third-order valence-electron chi connectivity index (χ3n) is 4.37. The van der Waals surface area contributed by atoms with E-state index in [0.29, 0.717) is 23.7 Å². The molecule has 2 aromatic heterocycles. The number of benzene rings is 1. The first-order valence-electron chi connectivity index (χ1n) is 7.77. The third kappa shape index (κ3) is 2.18. The van der Waals surface area contributed by atoms with Crippen LogP contribution in [0.3, 0.4) is 0 Å². The number of H-pyrrole nitrogens is 1. The molecule has 6 nitrogen and oxygen atoms in total. The lowest BCUT2D eigenvalue weighted by atomic mass is 10.1. The van der Waals surface area contributed by atoms with Crippen LogP contribution in [0.4, 0.5) is 11.4 Å². The summed E-state index contributed by atoms with van der Waals surface area (Å²) in [5.74, 6) is 0.364. The Morgan fingerprint density at radius 2 is 2.04 bits per heavy atom. The fourth-order valence-electron chi connectivity index (χ4n) is 3.35. The summed E-state index contributed by atoms with van der Waals surface area (Å²) in [5.41, 5.74) is 3.30. The van der Waals surface area contributed by atoms with Crippen LogP contribution in [0.2, 0.25) is 0 Å². The zero-order valence-corrected chi connectivity index (χ0v) is 13.2. The van der Waals surface area contributed by atoms with Gasteiger partial charge in [0.15, 0.2) is 5.65 Å². The quantitative estimate of drug-likeness (QED) is 0.751. The van der Waals surface area contributed by atoms with Gasteiger partial charge in [0, 0.05) is 38.7 Å². The van der Waals surface area contributed by atoms with Gasteiger partial charge in [0.05, 0.1) is 11.4 Å². The number of carbonyl (C=O) groups is 1. The normalized spacial score (nSPS) is 18.1. The number of aromatic nitrogens is 3. The molecule has 1 N–H and O–H groups in total. The minimum Gasteiger partial charge on any atom is -0.373 e. The monoisotopic (exact) mass is 309 g/mol. The first-order valence-corrected chi connectivity index (χ1v) is 7.77. The van der Waals surface area contributed by atoms with E-state index in [4.69, 9.17) is 0 Å². The van der Waals surface area contributed by atoms with E-state index in [1.807, 2.05) is 23.1 Å². The molecule has 4 rings (SSSR count). The highest BCUT2D eigenvalue weighted by Crippen LogP contribution is 2.33. The number of para-hydroxylation sites is 2. The lowest BCUT2D eigenvalue weighted by Gasteiger charge is -2.24. The van der Waals surface area contributed by atoms with Gasteiger partial charge in [-0.25, -0.2) is 9.50 Å². The van der Waals surface area contributed by atoms with Crippen molar-refractivity contribution in [3.8, 4) is 0 Å². The molecule has 0 bridgehead atoms. The summed E-state index contributed by atoms with van der Waals surface area (Å²) in [6.45, 7) is 3.79. The van der Waals surface area contributed by atoms with Crippen LogP contribution in [0.5, 0.6) is 0 Å². The fourth-order valence-corrected chi connectivity index (χ4v) is 3.35. The number of hydrogen-bond acceptors (Lipinski definition) is 3. The van der Waals surface area contributed by atoms with Crippen LogP contribution in [-0.4, -0.2) is 40.6 Å². The molecule has 0 radical (unpaired) electrons. The van der Waals surface area contributed by atoms with E-state index in [1.54, 1.807) is 23.1 Å². The predicted molar refractivity (Wildman–Crippen MR) is 90.1 cm³/mol. The second-order valence-electron chi connectivity index (χ2n) is 6.20. The van der Waals surface area contributed by atoms with Crippen molar-refractivity contribution in [1.29, 1.82) is 0 Å². The summed E-state index contributed by atoms with van der Waals surface area (Å²) in [6, 6.07) is 8.06. The largest absolute Gasteiger partial charge is 0.373 e. The first-order chi connectivity index (χ1) is 11.1. The number of hydrogen-bond donors (Lipinski definition) is 1. The van der Waals surface area contributed by atoms with Crippen molar-refractivity contribution < 1.29 is 4.79 Å². The topological polar surface area (TPSA) is 56.6 Å². The van der Waals surface area contributed by atoms with Gasteiger partial charge < -0.3 is 9.80 Å². The van der Waals surface area contributed by atoms with Crippen LogP contribution in [0.1, 0.15) is 17.3 Å². The molecule has 1 amide bonds. The standard InChI is InChI=1S/C17H19N5O/c1-12-10-20(2)14-5-3-4-6-15(14)21(11-12)17(23)13-9-19-22-8-7-18-16(13)22/h3-9,12,19H,10-11H2,1-2H3/t12-/m0/s1. The zero-order valence-electron chi connectivity index (χ0n) is 13.2. The number of nitrogens with one attached hydrogen (secondary N) is 1. The molecule has 3 aromatic rings. The average molecular weight is 309 g/mol. The Kier molecular flexibility index (Phi) is 3.11. The molecular weight excluding hydrogens is 290 g/mol. The molecule has 0 saturated carbocycles. The lowest BCUT2D eigenvalue weighted by molar-refractivity contribution is 0.0985. The highest BCUT2D eigenvalue weighted by Gasteiger charge is 2.28. The summed E-state index contributed by atoms with van der Waals surface area (Å²) < 4.78 is 1.76. The van der Waals surface area contributed by atoms with Gasteiger partial charge in [-0.05, 0) is 18.1 Å². The Labute approximate surface area is 134 Å². The lowest BCUT2D eigenvalue weighted by Crippen LogP contribution is -2.34. The van der Waals surface area contributed by atoms with Crippen LogP contribution in [-0.2, 0) is 0 Å². The molecule has 1 aliphatic rings. The van der Waals surface area contributed by atoms with Gasteiger partial charge in [-0.2, -0.15) is 0 Å². The van der Waals surface area contributed by atoms with Crippen LogP contribution >= 0.6 is 0 Å². The van der Waals surface area contributed by atoms with Gasteiger partial charge in [0.25, 0.3) is 5.91 Å². The summed E-state index contributed by atoms with van der Waals surface area (Å²) in [5, 5.41) is 3.04. The van der Waals surface area contributed by atoms with Crippen molar-refractivity contribution in [2.45, 2.75) is 6.92 Å². The highest BCUT2D eigenvalue weighted by atomic mass is 16.2. The second-order valence-corrected chi connectivity index (χ2v) is 6.20. The number of fused-ring (bicyclic) bond motifs is 2. The van der Waals surface area contributed by atoms with Gasteiger partial charge in [-0.1, -0.05) is 19.1 Å². The highest BCUT2D eigenvalue weighted by molar-refractivity contribution is 6.11. The smallest absolute Gasteiger partial charge is 0.263 e. The molecule has 0 fully saturated rings.